The smallest absolute Gasteiger partial charge is 0.119 e. The second-order valence-electron chi connectivity index (χ2n) is 6.88. The van der Waals surface area contributed by atoms with Gasteiger partial charge in [0.2, 0.25) is 0 Å². The maximum absolute atomic E-state index is 10.2. The summed E-state index contributed by atoms with van der Waals surface area (Å²) >= 11 is 0. The van der Waals surface area contributed by atoms with E-state index in [2.05, 4.69) is 13.8 Å². The highest BCUT2D eigenvalue weighted by atomic mass is 16.1. The molecule has 0 N–H and O–H groups in total. The molecule has 0 aromatic heterocycles. The molecule has 1 nitrogen and oxygen atoms in total. The van der Waals surface area contributed by atoms with Gasteiger partial charge < -0.3 is 4.79 Å². The van der Waals surface area contributed by atoms with Crippen LogP contribution < -0.4 is 0 Å². The van der Waals surface area contributed by atoms with Crippen LogP contribution in [0.4, 0.5) is 0 Å². The minimum Gasteiger partial charge on any atom is -0.303 e. The fraction of sp³-hybridized carbons (Fsp3) is 0.950. The molecule has 0 aromatic rings. The Balaban J connectivity index is 3.12. The van der Waals surface area contributed by atoms with Crippen molar-refractivity contribution in [2.24, 2.45) is 5.92 Å². The fourth-order valence-corrected chi connectivity index (χ4v) is 3.02. The van der Waals surface area contributed by atoms with E-state index in [1.807, 2.05) is 0 Å². The van der Waals surface area contributed by atoms with E-state index in [9.17, 15) is 4.79 Å². The quantitative estimate of drug-likeness (QED) is 0.207. The summed E-state index contributed by atoms with van der Waals surface area (Å²) in [6.07, 6.45) is 22.5. The second kappa shape index (κ2) is 17.7. The lowest BCUT2D eigenvalue weighted by Gasteiger charge is -2.11. The Bertz CT molecular complexity index is 200. The van der Waals surface area contributed by atoms with Crippen LogP contribution in [0.25, 0.3) is 0 Å². The van der Waals surface area contributed by atoms with Crippen molar-refractivity contribution in [2.75, 3.05) is 0 Å². The third-order valence-corrected chi connectivity index (χ3v) is 4.57. The predicted octanol–water partition coefficient (Wildman–Crippen LogP) is 7.08. The number of rotatable bonds is 17. The van der Waals surface area contributed by atoms with Crippen molar-refractivity contribution < 1.29 is 4.79 Å². The van der Waals surface area contributed by atoms with Gasteiger partial charge in [0.1, 0.15) is 6.29 Å². The maximum Gasteiger partial charge on any atom is 0.119 e. The average molecular weight is 297 g/mol. The van der Waals surface area contributed by atoms with E-state index < -0.39 is 0 Å². The second-order valence-corrected chi connectivity index (χ2v) is 6.88. The van der Waals surface area contributed by atoms with Crippen LogP contribution in [0.1, 0.15) is 117 Å². The number of hydrogen-bond acceptors (Lipinski definition) is 1. The van der Waals surface area contributed by atoms with Crippen molar-refractivity contribution in [2.45, 2.75) is 117 Å². The Labute approximate surface area is 134 Å². The molecule has 0 aliphatic carbocycles. The molecule has 0 saturated heterocycles. The molecule has 21 heavy (non-hydrogen) atoms. The molecule has 0 rings (SSSR count). The molecule has 0 aromatic carbocycles. The number of hydrogen-bond donors (Lipinski definition) is 0. The molecule has 0 bridgehead atoms. The highest BCUT2D eigenvalue weighted by Crippen LogP contribution is 2.18. The molecule has 0 saturated carbocycles. The van der Waals surface area contributed by atoms with Crippen LogP contribution in [-0.2, 0) is 4.79 Å². The van der Waals surface area contributed by atoms with Crippen LogP contribution in [0, 0.1) is 5.92 Å². The first-order valence-electron chi connectivity index (χ1n) is 9.74. The summed E-state index contributed by atoms with van der Waals surface area (Å²) in [7, 11) is 0. The average Bonchev–Trinajstić information content (AvgIpc) is 2.49. The zero-order chi connectivity index (χ0) is 15.6. The number of carbonyl (C=O) groups is 1. The van der Waals surface area contributed by atoms with Crippen molar-refractivity contribution in [3.05, 3.63) is 0 Å². The SMILES string of the molecule is CCCCCCCCCC(C)CCCCCCCCC=O. The lowest BCUT2D eigenvalue weighted by Crippen LogP contribution is -1.95. The third kappa shape index (κ3) is 17.6. The highest BCUT2D eigenvalue weighted by molar-refractivity contribution is 5.48. The molecule has 0 aliphatic heterocycles. The van der Waals surface area contributed by atoms with Gasteiger partial charge in [0.05, 0.1) is 0 Å². The first-order valence-corrected chi connectivity index (χ1v) is 9.74. The number of aldehydes is 1. The van der Waals surface area contributed by atoms with Crippen LogP contribution in [0.3, 0.4) is 0 Å². The number of unbranched alkanes of at least 4 members (excludes halogenated alkanes) is 12. The summed E-state index contributed by atoms with van der Waals surface area (Å²) in [5.41, 5.74) is 0. The van der Waals surface area contributed by atoms with Gasteiger partial charge >= 0.3 is 0 Å². The Morgan fingerprint density at radius 2 is 1.10 bits per heavy atom. The minimum absolute atomic E-state index is 0.759. The van der Waals surface area contributed by atoms with Gasteiger partial charge in [0.15, 0.2) is 0 Å². The van der Waals surface area contributed by atoms with Gasteiger partial charge in [-0.05, 0) is 12.3 Å². The lowest BCUT2D eigenvalue weighted by atomic mass is 9.96. The lowest BCUT2D eigenvalue weighted by molar-refractivity contribution is -0.107. The van der Waals surface area contributed by atoms with Crippen LogP contribution in [0.15, 0.2) is 0 Å². The third-order valence-electron chi connectivity index (χ3n) is 4.57. The van der Waals surface area contributed by atoms with Crippen LogP contribution in [0.2, 0.25) is 0 Å². The zero-order valence-corrected chi connectivity index (χ0v) is 14.9. The summed E-state index contributed by atoms with van der Waals surface area (Å²) in [6, 6.07) is 0. The van der Waals surface area contributed by atoms with Crippen molar-refractivity contribution in [3.8, 4) is 0 Å². The van der Waals surface area contributed by atoms with Gasteiger partial charge in [-0.15, -0.1) is 0 Å². The molecular weight excluding hydrogens is 256 g/mol. The van der Waals surface area contributed by atoms with Crippen LogP contribution >= 0.6 is 0 Å². The van der Waals surface area contributed by atoms with Gasteiger partial charge in [-0.1, -0.05) is 104 Å². The predicted molar refractivity (Wildman–Crippen MR) is 94.8 cm³/mol. The zero-order valence-electron chi connectivity index (χ0n) is 14.9. The van der Waals surface area contributed by atoms with Gasteiger partial charge in [0, 0.05) is 6.42 Å². The molecule has 0 spiro atoms. The molecule has 0 heterocycles. The summed E-state index contributed by atoms with van der Waals surface area (Å²) in [6.45, 7) is 4.72. The standard InChI is InChI=1S/C20H40O/c1-3-4-5-6-8-11-14-17-20(2)18-15-12-9-7-10-13-16-19-21/h19-20H,3-18H2,1-2H3. The Hall–Kier alpha value is -0.330. The van der Waals surface area contributed by atoms with Gasteiger partial charge in [-0.25, -0.2) is 0 Å². The normalized spacial score (nSPS) is 12.5. The monoisotopic (exact) mass is 296 g/mol. The van der Waals surface area contributed by atoms with E-state index >= 15 is 0 Å². The minimum atomic E-state index is 0.759. The Kier molecular flexibility index (Phi) is 17.4. The van der Waals surface area contributed by atoms with E-state index in [1.165, 1.54) is 89.9 Å². The largest absolute Gasteiger partial charge is 0.303 e. The summed E-state index contributed by atoms with van der Waals surface area (Å²) in [5.74, 6) is 0.927. The summed E-state index contributed by atoms with van der Waals surface area (Å²) in [4.78, 5) is 10.2. The summed E-state index contributed by atoms with van der Waals surface area (Å²) in [5, 5.41) is 0. The van der Waals surface area contributed by atoms with Crippen molar-refractivity contribution in [1.82, 2.24) is 0 Å². The molecule has 1 atom stereocenters. The van der Waals surface area contributed by atoms with Gasteiger partial charge in [-0.2, -0.15) is 0 Å². The molecule has 126 valence electrons. The van der Waals surface area contributed by atoms with Crippen molar-refractivity contribution in [3.63, 3.8) is 0 Å². The molecule has 0 radical (unpaired) electrons. The maximum atomic E-state index is 10.2. The van der Waals surface area contributed by atoms with E-state index in [0.717, 1.165) is 25.0 Å². The fourth-order valence-electron chi connectivity index (χ4n) is 3.02. The van der Waals surface area contributed by atoms with Crippen LogP contribution in [-0.4, -0.2) is 6.29 Å². The van der Waals surface area contributed by atoms with Gasteiger partial charge in [-0.3, -0.25) is 0 Å². The van der Waals surface area contributed by atoms with Crippen molar-refractivity contribution >= 4 is 6.29 Å². The first kappa shape index (κ1) is 20.7. The van der Waals surface area contributed by atoms with E-state index in [1.54, 1.807) is 0 Å². The molecule has 0 fully saturated rings. The topological polar surface area (TPSA) is 17.1 Å². The highest BCUT2D eigenvalue weighted by Gasteiger charge is 2.02. The Morgan fingerprint density at radius 1 is 0.667 bits per heavy atom. The van der Waals surface area contributed by atoms with E-state index in [4.69, 9.17) is 0 Å². The van der Waals surface area contributed by atoms with E-state index in [0.29, 0.717) is 0 Å². The van der Waals surface area contributed by atoms with Gasteiger partial charge in [0.25, 0.3) is 0 Å². The Morgan fingerprint density at radius 3 is 1.57 bits per heavy atom. The molecule has 0 aliphatic rings. The molecule has 1 heteroatoms. The number of carbonyl (C=O) groups excluding carboxylic acids is 1. The summed E-state index contributed by atoms with van der Waals surface area (Å²) < 4.78 is 0. The molecule has 0 amide bonds. The molecule has 1 unspecified atom stereocenters. The van der Waals surface area contributed by atoms with E-state index in [-0.39, 0.29) is 0 Å². The van der Waals surface area contributed by atoms with Crippen molar-refractivity contribution in [1.29, 1.82) is 0 Å². The van der Waals surface area contributed by atoms with Crippen LogP contribution in [0.5, 0.6) is 0 Å². The first-order chi connectivity index (χ1) is 10.3. The molecular formula is C20H40O.